The number of carbonyl (C=O) groups excluding carboxylic acids is 1. The van der Waals surface area contributed by atoms with Crippen molar-refractivity contribution in [3.8, 4) is 0 Å². The minimum atomic E-state index is -1.71. The molecule has 0 saturated heterocycles. The number of rotatable bonds is 4. The van der Waals surface area contributed by atoms with Crippen LogP contribution in [0, 0.1) is 0 Å². The minimum Gasteiger partial charge on any atom is -0.477 e. The number of nitrogens with one attached hydrogen (secondary N) is 1. The summed E-state index contributed by atoms with van der Waals surface area (Å²) in [5.74, 6) is -2.14. The molecule has 2 atom stereocenters. The van der Waals surface area contributed by atoms with Crippen LogP contribution >= 0.6 is 0 Å². The van der Waals surface area contributed by atoms with E-state index in [-0.39, 0.29) is 11.3 Å². The Hall–Kier alpha value is -2.38. The van der Waals surface area contributed by atoms with E-state index in [1.54, 1.807) is 6.07 Å². The van der Waals surface area contributed by atoms with Gasteiger partial charge in [0, 0.05) is 10.9 Å². The molecule has 0 fully saturated rings. The van der Waals surface area contributed by atoms with E-state index >= 15 is 0 Å². The van der Waals surface area contributed by atoms with Gasteiger partial charge in [0.15, 0.2) is 6.10 Å². The third-order valence-electron chi connectivity index (χ3n) is 2.81. The number of H-pyrrole nitrogens is 1. The number of carboxylic acid groups (broad SMARTS) is 1. The number of amides is 1. The maximum atomic E-state index is 10.8. The van der Waals surface area contributed by atoms with Gasteiger partial charge in [0.2, 0.25) is 5.91 Å². The lowest BCUT2D eigenvalue weighted by Crippen LogP contribution is -2.33. The van der Waals surface area contributed by atoms with E-state index in [9.17, 15) is 19.8 Å². The molecule has 100 valence electrons. The van der Waals surface area contributed by atoms with Gasteiger partial charge in [-0.1, -0.05) is 6.07 Å². The van der Waals surface area contributed by atoms with Crippen LogP contribution < -0.4 is 5.73 Å². The number of nitrogens with two attached hydrogens (primary N) is 1. The van der Waals surface area contributed by atoms with Gasteiger partial charge < -0.3 is 26.0 Å². The standard InChI is InChI=1S/C12H12N2O5/c13-11(17)10(16)9(15)5-1-2-7-6(3-5)4-8(14-7)12(18)19/h1-4,9-10,14-16H,(H2,13,17)(H,18,19). The van der Waals surface area contributed by atoms with Crippen molar-refractivity contribution in [2.24, 2.45) is 5.73 Å². The van der Waals surface area contributed by atoms with Crippen molar-refractivity contribution in [3.63, 3.8) is 0 Å². The smallest absolute Gasteiger partial charge is 0.352 e. The molecule has 1 heterocycles. The fourth-order valence-corrected chi connectivity index (χ4v) is 1.79. The SMILES string of the molecule is NC(=O)C(O)C(O)c1ccc2[nH]c(C(=O)O)cc2c1. The van der Waals surface area contributed by atoms with Gasteiger partial charge in [-0.3, -0.25) is 4.79 Å². The third kappa shape index (κ3) is 2.42. The van der Waals surface area contributed by atoms with E-state index in [1.807, 2.05) is 0 Å². The first-order chi connectivity index (χ1) is 8.90. The first-order valence-corrected chi connectivity index (χ1v) is 5.41. The van der Waals surface area contributed by atoms with Crippen LogP contribution in [0.4, 0.5) is 0 Å². The number of aromatic amines is 1. The average molecular weight is 264 g/mol. The fraction of sp³-hybridized carbons (Fsp3) is 0.167. The van der Waals surface area contributed by atoms with E-state index in [4.69, 9.17) is 10.8 Å². The molecule has 0 saturated carbocycles. The Kier molecular flexibility index (Phi) is 3.24. The summed E-state index contributed by atoms with van der Waals surface area (Å²) >= 11 is 0. The highest BCUT2D eigenvalue weighted by molar-refractivity contribution is 5.94. The van der Waals surface area contributed by atoms with E-state index in [0.717, 1.165) is 0 Å². The van der Waals surface area contributed by atoms with E-state index in [1.165, 1.54) is 18.2 Å². The summed E-state index contributed by atoms with van der Waals surface area (Å²) in [5, 5.41) is 28.5. The van der Waals surface area contributed by atoms with Crippen molar-refractivity contribution >= 4 is 22.8 Å². The van der Waals surface area contributed by atoms with Gasteiger partial charge in [-0.2, -0.15) is 0 Å². The zero-order valence-electron chi connectivity index (χ0n) is 9.70. The highest BCUT2D eigenvalue weighted by Crippen LogP contribution is 2.23. The Morgan fingerprint density at radius 2 is 1.89 bits per heavy atom. The lowest BCUT2D eigenvalue weighted by Gasteiger charge is -2.15. The van der Waals surface area contributed by atoms with Crippen LogP contribution in [0.15, 0.2) is 24.3 Å². The number of aromatic nitrogens is 1. The monoisotopic (exact) mass is 264 g/mol. The fourth-order valence-electron chi connectivity index (χ4n) is 1.79. The summed E-state index contributed by atoms with van der Waals surface area (Å²) in [6, 6.07) is 5.90. The van der Waals surface area contributed by atoms with Crippen LogP contribution in [0.1, 0.15) is 22.2 Å². The highest BCUT2D eigenvalue weighted by Gasteiger charge is 2.23. The molecule has 0 aliphatic rings. The van der Waals surface area contributed by atoms with Gasteiger partial charge in [-0.05, 0) is 23.8 Å². The van der Waals surface area contributed by atoms with Crippen LogP contribution in [0.2, 0.25) is 0 Å². The van der Waals surface area contributed by atoms with Crippen LogP contribution in [0.5, 0.6) is 0 Å². The van der Waals surface area contributed by atoms with E-state index in [2.05, 4.69) is 4.98 Å². The molecule has 1 amide bonds. The Bertz CT molecular complexity index is 649. The first kappa shape index (κ1) is 13.1. The van der Waals surface area contributed by atoms with E-state index < -0.39 is 24.1 Å². The number of fused-ring (bicyclic) bond motifs is 1. The number of carboxylic acids is 1. The number of aliphatic hydroxyl groups is 2. The van der Waals surface area contributed by atoms with Crippen molar-refractivity contribution in [1.29, 1.82) is 0 Å². The van der Waals surface area contributed by atoms with Gasteiger partial charge in [0.1, 0.15) is 11.8 Å². The minimum absolute atomic E-state index is 0.0112. The third-order valence-corrected chi connectivity index (χ3v) is 2.81. The van der Waals surface area contributed by atoms with Crippen molar-refractivity contribution in [2.45, 2.75) is 12.2 Å². The average Bonchev–Trinajstić information content (AvgIpc) is 2.79. The number of aromatic carboxylic acids is 1. The Morgan fingerprint density at radius 3 is 2.47 bits per heavy atom. The summed E-state index contributed by atoms with van der Waals surface area (Å²) < 4.78 is 0. The molecule has 7 nitrogen and oxygen atoms in total. The predicted molar refractivity (Wildman–Crippen MR) is 65.4 cm³/mol. The molecule has 19 heavy (non-hydrogen) atoms. The molecule has 0 spiro atoms. The maximum Gasteiger partial charge on any atom is 0.352 e. The van der Waals surface area contributed by atoms with Gasteiger partial charge in [0.25, 0.3) is 0 Å². The number of hydrogen-bond acceptors (Lipinski definition) is 4. The summed E-state index contributed by atoms with van der Waals surface area (Å²) in [6.45, 7) is 0. The molecule has 0 aliphatic carbocycles. The largest absolute Gasteiger partial charge is 0.477 e. The van der Waals surface area contributed by atoms with Crippen LogP contribution in [-0.4, -0.2) is 38.3 Å². The molecule has 1 aromatic heterocycles. The number of carbonyl (C=O) groups is 2. The number of hydrogen-bond donors (Lipinski definition) is 5. The first-order valence-electron chi connectivity index (χ1n) is 5.41. The Labute approximate surface area is 107 Å². The maximum absolute atomic E-state index is 10.8. The van der Waals surface area contributed by atoms with Crippen LogP contribution in [-0.2, 0) is 4.79 Å². The zero-order chi connectivity index (χ0) is 14.2. The Balaban J connectivity index is 2.41. The molecular formula is C12H12N2O5. The number of aliphatic hydroxyl groups excluding tert-OH is 2. The lowest BCUT2D eigenvalue weighted by molar-refractivity contribution is -0.131. The predicted octanol–water partition coefficient (Wildman–Crippen LogP) is -0.254. The van der Waals surface area contributed by atoms with Crippen molar-refractivity contribution in [1.82, 2.24) is 4.98 Å². The second-order valence-corrected chi connectivity index (χ2v) is 4.13. The lowest BCUT2D eigenvalue weighted by atomic mass is 10.0. The zero-order valence-corrected chi connectivity index (χ0v) is 9.70. The molecule has 0 radical (unpaired) electrons. The molecule has 7 heteroatoms. The van der Waals surface area contributed by atoms with Crippen molar-refractivity contribution in [2.75, 3.05) is 0 Å². The van der Waals surface area contributed by atoms with Crippen molar-refractivity contribution in [3.05, 3.63) is 35.5 Å². The molecule has 2 unspecified atom stereocenters. The molecule has 2 rings (SSSR count). The second-order valence-electron chi connectivity index (χ2n) is 4.13. The summed E-state index contributed by atoms with van der Waals surface area (Å²) in [4.78, 5) is 24.3. The molecule has 6 N–H and O–H groups in total. The van der Waals surface area contributed by atoms with Gasteiger partial charge in [-0.15, -0.1) is 0 Å². The molecular weight excluding hydrogens is 252 g/mol. The molecule has 2 aromatic rings. The topological polar surface area (TPSA) is 137 Å². The molecule has 0 aliphatic heterocycles. The quantitative estimate of drug-likeness (QED) is 0.518. The Morgan fingerprint density at radius 1 is 1.21 bits per heavy atom. The highest BCUT2D eigenvalue weighted by atomic mass is 16.4. The number of primary amides is 1. The van der Waals surface area contributed by atoms with Gasteiger partial charge in [0.05, 0.1) is 0 Å². The number of benzene rings is 1. The second kappa shape index (κ2) is 4.71. The van der Waals surface area contributed by atoms with Crippen molar-refractivity contribution < 1.29 is 24.9 Å². The molecule has 0 bridgehead atoms. The molecule has 1 aromatic carbocycles. The summed E-state index contributed by atoms with van der Waals surface area (Å²) in [5.41, 5.74) is 5.75. The summed E-state index contributed by atoms with van der Waals surface area (Å²) in [7, 11) is 0. The van der Waals surface area contributed by atoms with E-state index in [0.29, 0.717) is 10.9 Å². The van der Waals surface area contributed by atoms with Crippen LogP contribution in [0.25, 0.3) is 10.9 Å². The van der Waals surface area contributed by atoms with Crippen LogP contribution in [0.3, 0.4) is 0 Å². The normalized spacial score (nSPS) is 14.2. The van der Waals surface area contributed by atoms with Gasteiger partial charge >= 0.3 is 5.97 Å². The van der Waals surface area contributed by atoms with Gasteiger partial charge in [-0.25, -0.2) is 4.79 Å². The summed E-state index contributed by atoms with van der Waals surface area (Å²) in [6.07, 6.45) is -3.17.